The Morgan fingerprint density at radius 1 is 1.24 bits per heavy atom. The summed E-state index contributed by atoms with van der Waals surface area (Å²) in [5, 5.41) is 3.69. The van der Waals surface area contributed by atoms with Crippen molar-refractivity contribution in [1.29, 1.82) is 0 Å². The molecule has 0 aromatic carbocycles. The molecule has 1 N–H and O–H groups in total. The van der Waals surface area contributed by atoms with E-state index in [0.717, 1.165) is 6.54 Å². The van der Waals surface area contributed by atoms with Crippen LogP contribution in [0.25, 0.3) is 0 Å². The molecule has 0 aliphatic heterocycles. The van der Waals surface area contributed by atoms with Crippen LogP contribution in [-0.2, 0) is 4.74 Å². The molecule has 0 bridgehead atoms. The van der Waals surface area contributed by atoms with Gasteiger partial charge in [-0.25, -0.2) is 0 Å². The zero-order valence-corrected chi connectivity index (χ0v) is 11.9. The van der Waals surface area contributed by atoms with Gasteiger partial charge in [-0.15, -0.1) is 0 Å². The van der Waals surface area contributed by atoms with E-state index in [9.17, 15) is 0 Å². The summed E-state index contributed by atoms with van der Waals surface area (Å²) in [5.41, 5.74) is 0. The van der Waals surface area contributed by atoms with Gasteiger partial charge >= 0.3 is 0 Å². The van der Waals surface area contributed by atoms with Gasteiger partial charge in [0.1, 0.15) is 0 Å². The molecule has 2 unspecified atom stereocenters. The van der Waals surface area contributed by atoms with E-state index >= 15 is 0 Å². The van der Waals surface area contributed by atoms with Crippen molar-refractivity contribution in [3.8, 4) is 0 Å². The monoisotopic (exact) mass is 242 g/mol. The average molecular weight is 242 g/mol. The van der Waals surface area contributed by atoms with Crippen LogP contribution < -0.4 is 5.32 Å². The normalized spacial score (nSPS) is 25.4. The summed E-state index contributed by atoms with van der Waals surface area (Å²) in [6.45, 7) is 9.19. The Balaban J connectivity index is 2.12. The molecular weight excluding hydrogens is 212 g/mol. The van der Waals surface area contributed by atoms with Crippen molar-refractivity contribution in [2.24, 2.45) is 0 Å². The van der Waals surface area contributed by atoms with Crippen LogP contribution in [-0.4, -0.2) is 50.3 Å². The predicted molar refractivity (Wildman–Crippen MR) is 73.5 cm³/mol. The van der Waals surface area contributed by atoms with Crippen LogP contribution >= 0.6 is 0 Å². The van der Waals surface area contributed by atoms with Crippen LogP contribution in [0.1, 0.15) is 46.0 Å². The molecule has 1 rings (SSSR count). The molecule has 3 heteroatoms. The average Bonchev–Trinajstić information content (AvgIpc) is 2.38. The quantitative estimate of drug-likeness (QED) is 0.706. The zero-order chi connectivity index (χ0) is 12.5. The number of ether oxygens (including phenoxy) is 1. The standard InChI is InChI=1S/C14H30N2O/c1-4-10-16(5-2)11-9-15-13-7-6-8-14(12-13)17-3/h13-15H,4-12H2,1-3H3. The first-order valence-electron chi connectivity index (χ1n) is 7.28. The number of nitrogens with zero attached hydrogens (tertiary/aromatic N) is 1. The molecule has 0 spiro atoms. The van der Waals surface area contributed by atoms with Gasteiger partial charge in [0, 0.05) is 26.2 Å². The maximum Gasteiger partial charge on any atom is 0.0586 e. The molecule has 0 amide bonds. The van der Waals surface area contributed by atoms with Gasteiger partial charge in [0.15, 0.2) is 0 Å². The Hall–Kier alpha value is -0.120. The van der Waals surface area contributed by atoms with Crippen molar-refractivity contribution < 1.29 is 4.74 Å². The lowest BCUT2D eigenvalue weighted by molar-refractivity contribution is 0.0585. The lowest BCUT2D eigenvalue weighted by Gasteiger charge is -2.30. The van der Waals surface area contributed by atoms with Crippen LogP contribution in [0.2, 0.25) is 0 Å². The molecule has 102 valence electrons. The van der Waals surface area contributed by atoms with E-state index in [4.69, 9.17) is 4.74 Å². The predicted octanol–water partition coefficient (Wildman–Crippen LogP) is 2.27. The van der Waals surface area contributed by atoms with E-state index in [0.29, 0.717) is 12.1 Å². The van der Waals surface area contributed by atoms with Crippen molar-refractivity contribution in [3.63, 3.8) is 0 Å². The number of hydrogen-bond donors (Lipinski definition) is 1. The van der Waals surface area contributed by atoms with Gasteiger partial charge in [-0.3, -0.25) is 0 Å². The third-order valence-electron chi connectivity index (χ3n) is 3.81. The van der Waals surface area contributed by atoms with Crippen molar-refractivity contribution in [2.75, 3.05) is 33.3 Å². The van der Waals surface area contributed by atoms with Gasteiger partial charge in [-0.05, 0) is 45.2 Å². The summed E-state index contributed by atoms with van der Waals surface area (Å²) in [6, 6.07) is 0.675. The maximum absolute atomic E-state index is 5.46. The Kier molecular flexibility index (Phi) is 7.82. The number of methoxy groups -OCH3 is 1. The molecule has 1 aliphatic rings. The van der Waals surface area contributed by atoms with E-state index in [2.05, 4.69) is 24.1 Å². The van der Waals surface area contributed by atoms with E-state index in [-0.39, 0.29) is 0 Å². The van der Waals surface area contributed by atoms with Crippen LogP contribution in [0.3, 0.4) is 0 Å². The minimum absolute atomic E-state index is 0.485. The van der Waals surface area contributed by atoms with Crippen LogP contribution in [0, 0.1) is 0 Å². The fourth-order valence-corrected chi connectivity index (χ4v) is 2.72. The van der Waals surface area contributed by atoms with Crippen LogP contribution in [0.15, 0.2) is 0 Å². The molecule has 1 saturated carbocycles. The van der Waals surface area contributed by atoms with E-state index in [1.54, 1.807) is 0 Å². The summed E-state index contributed by atoms with van der Waals surface area (Å²) >= 11 is 0. The molecule has 0 aromatic heterocycles. The first-order chi connectivity index (χ1) is 8.30. The van der Waals surface area contributed by atoms with Crippen LogP contribution in [0.5, 0.6) is 0 Å². The SMILES string of the molecule is CCCN(CC)CCNC1CCCC(OC)C1. The second-order valence-corrected chi connectivity index (χ2v) is 5.11. The molecular formula is C14H30N2O. The molecule has 1 aliphatic carbocycles. The van der Waals surface area contributed by atoms with Crippen molar-refractivity contribution in [2.45, 2.75) is 58.1 Å². The summed E-state index contributed by atoms with van der Waals surface area (Å²) in [4.78, 5) is 2.52. The van der Waals surface area contributed by atoms with Gasteiger partial charge in [-0.1, -0.05) is 13.8 Å². The highest BCUT2D eigenvalue weighted by atomic mass is 16.5. The highest BCUT2D eigenvalue weighted by Gasteiger charge is 2.20. The maximum atomic E-state index is 5.46. The molecule has 0 heterocycles. The smallest absolute Gasteiger partial charge is 0.0586 e. The minimum atomic E-state index is 0.485. The summed E-state index contributed by atoms with van der Waals surface area (Å²) in [7, 11) is 1.84. The molecule has 17 heavy (non-hydrogen) atoms. The fraction of sp³-hybridized carbons (Fsp3) is 1.00. The zero-order valence-electron chi connectivity index (χ0n) is 11.9. The minimum Gasteiger partial charge on any atom is -0.381 e. The Labute approximate surface area is 107 Å². The van der Waals surface area contributed by atoms with Crippen molar-refractivity contribution >= 4 is 0 Å². The topological polar surface area (TPSA) is 24.5 Å². The van der Waals surface area contributed by atoms with Crippen molar-refractivity contribution in [1.82, 2.24) is 10.2 Å². The molecule has 0 aromatic rings. The van der Waals surface area contributed by atoms with Gasteiger partial charge in [0.05, 0.1) is 6.10 Å². The second kappa shape index (κ2) is 8.90. The molecule has 0 radical (unpaired) electrons. The fourth-order valence-electron chi connectivity index (χ4n) is 2.72. The highest BCUT2D eigenvalue weighted by molar-refractivity contribution is 4.78. The van der Waals surface area contributed by atoms with Gasteiger partial charge < -0.3 is 15.0 Å². The van der Waals surface area contributed by atoms with E-state index < -0.39 is 0 Å². The first-order valence-corrected chi connectivity index (χ1v) is 7.28. The van der Waals surface area contributed by atoms with Gasteiger partial charge in [0.25, 0.3) is 0 Å². The third-order valence-corrected chi connectivity index (χ3v) is 3.81. The van der Waals surface area contributed by atoms with Crippen molar-refractivity contribution in [3.05, 3.63) is 0 Å². The molecule has 3 nitrogen and oxygen atoms in total. The third kappa shape index (κ3) is 5.84. The second-order valence-electron chi connectivity index (χ2n) is 5.11. The number of hydrogen-bond acceptors (Lipinski definition) is 3. The Bertz CT molecular complexity index is 187. The lowest BCUT2D eigenvalue weighted by atomic mass is 9.93. The number of nitrogens with one attached hydrogen (secondary N) is 1. The molecule has 0 saturated heterocycles. The van der Waals surface area contributed by atoms with Gasteiger partial charge in [0.2, 0.25) is 0 Å². The Morgan fingerprint density at radius 3 is 2.71 bits per heavy atom. The number of rotatable bonds is 8. The summed E-state index contributed by atoms with van der Waals surface area (Å²) < 4.78 is 5.46. The number of likely N-dealkylation sites (N-methyl/N-ethyl adjacent to an activating group) is 1. The molecule has 1 fully saturated rings. The lowest BCUT2D eigenvalue weighted by Crippen LogP contribution is -2.41. The first kappa shape index (κ1) is 14.9. The van der Waals surface area contributed by atoms with Gasteiger partial charge in [-0.2, -0.15) is 0 Å². The summed E-state index contributed by atoms with van der Waals surface area (Å²) in [5.74, 6) is 0. The largest absolute Gasteiger partial charge is 0.381 e. The van der Waals surface area contributed by atoms with Crippen LogP contribution in [0.4, 0.5) is 0 Å². The van der Waals surface area contributed by atoms with E-state index in [1.807, 2.05) is 7.11 Å². The Morgan fingerprint density at radius 2 is 2.06 bits per heavy atom. The summed E-state index contributed by atoms with van der Waals surface area (Å²) in [6.07, 6.45) is 6.80. The van der Waals surface area contributed by atoms with E-state index in [1.165, 1.54) is 51.7 Å². The highest BCUT2D eigenvalue weighted by Crippen LogP contribution is 2.20. The molecule has 2 atom stereocenters.